The predicted octanol–water partition coefficient (Wildman–Crippen LogP) is 2.81. The number of hydrazine groups is 1. The molecule has 2 N–H and O–H groups in total. The Hall–Kier alpha value is -1.90. The molecule has 1 aliphatic rings. The van der Waals surface area contributed by atoms with Gasteiger partial charge in [-0.1, -0.05) is 6.07 Å². The van der Waals surface area contributed by atoms with E-state index in [1.54, 1.807) is 24.3 Å². The Kier molecular flexibility index (Phi) is 5.95. The van der Waals surface area contributed by atoms with Crippen molar-refractivity contribution in [3.8, 4) is 0 Å². The molecule has 0 aromatic heterocycles. The van der Waals surface area contributed by atoms with Crippen LogP contribution in [0.2, 0.25) is 0 Å². The number of hydrogen-bond donors (Lipinski definition) is 2. The number of amides is 1. The van der Waals surface area contributed by atoms with Crippen LogP contribution in [0.4, 0.5) is 4.39 Å². The van der Waals surface area contributed by atoms with Crippen molar-refractivity contribution in [3.05, 3.63) is 59.4 Å². The van der Waals surface area contributed by atoms with Gasteiger partial charge in [0.1, 0.15) is 5.82 Å². The second-order valence-corrected chi connectivity index (χ2v) is 8.84. The fourth-order valence-corrected chi connectivity index (χ4v) is 4.52. The van der Waals surface area contributed by atoms with Gasteiger partial charge >= 0.3 is 0 Å². The van der Waals surface area contributed by atoms with Gasteiger partial charge in [-0.05, 0) is 66.8 Å². The molecule has 2 aromatic carbocycles. The number of halogens is 1. The van der Waals surface area contributed by atoms with E-state index in [9.17, 15) is 17.6 Å². The van der Waals surface area contributed by atoms with E-state index in [2.05, 4.69) is 10.3 Å². The molecule has 0 atom stereocenters. The minimum absolute atomic E-state index is 0.134. The number of hydrogen-bond acceptors (Lipinski definition) is 4. The summed E-state index contributed by atoms with van der Waals surface area (Å²) in [6.45, 7) is 0. The van der Waals surface area contributed by atoms with Crippen molar-refractivity contribution >= 4 is 27.7 Å². The van der Waals surface area contributed by atoms with Crippen molar-refractivity contribution < 1.29 is 17.6 Å². The van der Waals surface area contributed by atoms with E-state index in [0.29, 0.717) is 5.75 Å². The van der Waals surface area contributed by atoms with Crippen LogP contribution in [0.3, 0.4) is 0 Å². The van der Waals surface area contributed by atoms with Crippen LogP contribution in [0.5, 0.6) is 0 Å². The smallest absolute Gasteiger partial charge is 0.257 e. The molecule has 1 amide bonds. The number of sulfonamides is 1. The molecular formula is C18H19FN2O3S2. The summed E-state index contributed by atoms with van der Waals surface area (Å²) < 4.78 is 37.4. The van der Waals surface area contributed by atoms with E-state index in [0.717, 1.165) is 29.7 Å². The Morgan fingerprint density at radius 3 is 2.58 bits per heavy atom. The summed E-state index contributed by atoms with van der Waals surface area (Å²) in [5, 5.41) is 0. The minimum atomic E-state index is -3.79. The van der Waals surface area contributed by atoms with Gasteiger partial charge in [0.05, 0.1) is 4.90 Å². The van der Waals surface area contributed by atoms with Gasteiger partial charge in [0.2, 0.25) is 5.91 Å². The summed E-state index contributed by atoms with van der Waals surface area (Å²) >= 11 is 1.40. The Bertz CT molecular complexity index is 899. The lowest BCUT2D eigenvalue weighted by Crippen LogP contribution is -2.41. The summed E-state index contributed by atoms with van der Waals surface area (Å²) in [6.07, 6.45) is 3.03. The summed E-state index contributed by atoms with van der Waals surface area (Å²) in [5.74, 6) is -0.282. The molecule has 0 aliphatic heterocycles. The first-order chi connectivity index (χ1) is 12.4. The normalized spacial score (nSPS) is 13.4. The van der Waals surface area contributed by atoms with E-state index in [1.165, 1.54) is 29.5 Å². The van der Waals surface area contributed by atoms with E-state index < -0.39 is 15.9 Å². The maximum absolute atomic E-state index is 12.8. The number of thioether (sulfide) groups is 1. The van der Waals surface area contributed by atoms with Crippen molar-refractivity contribution in [1.29, 1.82) is 0 Å². The Labute approximate surface area is 156 Å². The summed E-state index contributed by atoms with van der Waals surface area (Å²) in [5.41, 5.74) is 4.47. The fourth-order valence-electron chi connectivity index (χ4n) is 2.75. The van der Waals surface area contributed by atoms with Crippen molar-refractivity contribution in [1.82, 2.24) is 10.3 Å². The Morgan fingerprint density at radius 2 is 1.81 bits per heavy atom. The van der Waals surface area contributed by atoms with Crippen molar-refractivity contribution in [3.63, 3.8) is 0 Å². The largest absolute Gasteiger partial charge is 0.278 e. The summed E-state index contributed by atoms with van der Waals surface area (Å²) in [6, 6.07) is 11.0. The SMILES string of the molecule is O=C(CCSc1ccc(F)cc1)NNS(=O)(=O)c1ccc2c(c1)CCC2. The molecule has 0 bridgehead atoms. The van der Waals surface area contributed by atoms with Crippen molar-refractivity contribution in [2.45, 2.75) is 35.5 Å². The molecule has 138 valence electrons. The maximum Gasteiger partial charge on any atom is 0.257 e. The zero-order valence-electron chi connectivity index (χ0n) is 14.0. The number of rotatable bonds is 7. The molecule has 0 saturated heterocycles. The average Bonchev–Trinajstić information content (AvgIpc) is 3.09. The second kappa shape index (κ2) is 8.20. The zero-order valence-corrected chi connectivity index (χ0v) is 15.6. The third kappa shape index (κ3) is 4.84. The zero-order chi connectivity index (χ0) is 18.6. The van der Waals surface area contributed by atoms with Crippen LogP contribution in [-0.2, 0) is 27.7 Å². The molecule has 8 heteroatoms. The second-order valence-electron chi connectivity index (χ2n) is 5.99. The van der Waals surface area contributed by atoms with Gasteiger partial charge < -0.3 is 0 Å². The van der Waals surface area contributed by atoms with Crippen LogP contribution in [-0.4, -0.2) is 20.1 Å². The minimum Gasteiger partial charge on any atom is -0.278 e. The highest BCUT2D eigenvalue weighted by Crippen LogP contribution is 2.24. The molecule has 0 saturated carbocycles. The maximum atomic E-state index is 12.8. The van der Waals surface area contributed by atoms with Gasteiger partial charge in [0.25, 0.3) is 10.0 Å². The van der Waals surface area contributed by atoms with Crippen LogP contribution >= 0.6 is 11.8 Å². The highest BCUT2D eigenvalue weighted by atomic mass is 32.2. The van der Waals surface area contributed by atoms with Gasteiger partial charge in [-0.25, -0.2) is 12.8 Å². The van der Waals surface area contributed by atoms with Gasteiger partial charge in [0.15, 0.2) is 0 Å². The Morgan fingerprint density at radius 1 is 1.08 bits per heavy atom. The van der Waals surface area contributed by atoms with Gasteiger partial charge in [-0.2, -0.15) is 0 Å². The van der Waals surface area contributed by atoms with Crippen molar-refractivity contribution in [2.75, 3.05) is 5.75 Å². The van der Waals surface area contributed by atoms with Crippen LogP contribution in [0, 0.1) is 5.82 Å². The fraction of sp³-hybridized carbons (Fsp3) is 0.278. The number of carbonyl (C=O) groups excluding carboxylic acids is 1. The molecule has 0 fully saturated rings. The third-order valence-electron chi connectivity index (χ3n) is 4.12. The third-order valence-corrected chi connectivity index (χ3v) is 6.38. The van der Waals surface area contributed by atoms with E-state index in [4.69, 9.17) is 0 Å². The lowest BCUT2D eigenvalue weighted by Gasteiger charge is -2.10. The van der Waals surface area contributed by atoms with Crippen LogP contribution in [0.1, 0.15) is 24.0 Å². The van der Waals surface area contributed by atoms with Gasteiger partial charge in [-0.3, -0.25) is 10.2 Å². The predicted molar refractivity (Wildman–Crippen MR) is 98.7 cm³/mol. The molecule has 2 aromatic rings. The van der Waals surface area contributed by atoms with E-state index in [-0.39, 0.29) is 17.1 Å². The first kappa shape index (κ1) is 18.9. The molecular weight excluding hydrogens is 375 g/mol. The molecule has 3 rings (SSSR count). The number of fused-ring (bicyclic) bond motifs is 1. The number of nitrogens with one attached hydrogen (secondary N) is 2. The highest BCUT2D eigenvalue weighted by molar-refractivity contribution is 7.99. The van der Waals surface area contributed by atoms with E-state index in [1.807, 2.05) is 6.07 Å². The molecule has 0 unspecified atom stereocenters. The summed E-state index contributed by atoms with van der Waals surface area (Å²) in [7, 11) is -3.79. The highest BCUT2D eigenvalue weighted by Gasteiger charge is 2.19. The number of aryl methyl sites for hydroxylation is 2. The van der Waals surface area contributed by atoms with Gasteiger partial charge in [0, 0.05) is 17.1 Å². The van der Waals surface area contributed by atoms with Crippen molar-refractivity contribution in [2.24, 2.45) is 0 Å². The quantitative estimate of drug-likeness (QED) is 0.559. The van der Waals surface area contributed by atoms with Crippen LogP contribution < -0.4 is 10.3 Å². The standard InChI is InChI=1S/C18H19FN2O3S2/c19-15-5-7-16(8-6-15)25-11-10-18(22)20-21-26(23,24)17-9-4-13-2-1-3-14(13)12-17/h4-9,12,21H,1-3,10-11H2,(H,20,22). The van der Waals surface area contributed by atoms with Crippen LogP contribution in [0.25, 0.3) is 0 Å². The Balaban J connectivity index is 1.48. The monoisotopic (exact) mass is 394 g/mol. The van der Waals surface area contributed by atoms with Gasteiger partial charge in [-0.15, -0.1) is 16.6 Å². The first-order valence-electron chi connectivity index (χ1n) is 8.25. The lowest BCUT2D eigenvalue weighted by atomic mass is 10.1. The number of benzene rings is 2. The lowest BCUT2D eigenvalue weighted by molar-refractivity contribution is -0.121. The molecule has 0 heterocycles. The summed E-state index contributed by atoms with van der Waals surface area (Å²) in [4.78, 5) is 15.0. The molecule has 5 nitrogen and oxygen atoms in total. The topological polar surface area (TPSA) is 75.3 Å². The molecule has 26 heavy (non-hydrogen) atoms. The van der Waals surface area contributed by atoms with E-state index >= 15 is 0 Å². The molecule has 1 aliphatic carbocycles. The van der Waals surface area contributed by atoms with Crippen LogP contribution in [0.15, 0.2) is 52.3 Å². The number of carbonyl (C=O) groups is 1. The molecule has 0 spiro atoms. The average molecular weight is 394 g/mol. The molecule has 0 radical (unpaired) electrons. The first-order valence-corrected chi connectivity index (χ1v) is 10.7.